The molecule has 4 rings (SSSR count). The van der Waals surface area contributed by atoms with E-state index in [0.29, 0.717) is 48.5 Å². The van der Waals surface area contributed by atoms with Crippen LogP contribution in [0, 0.1) is 11.7 Å². The van der Waals surface area contributed by atoms with E-state index in [1.165, 1.54) is 6.07 Å². The van der Waals surface area contributed by atoms with Crippen molar-refractivity contribution < 1.29 is 14.0 Å². The number of amides is 2. The number of nitrogens with one attached hydrogen (secondary N) is 2. The van der Waals surface area contributed by atoms with Crippen LogP contribution in [-0.4, -0.2) is 40.3 Å². The van der Waals surface area contributed by atoms with Crippen LogP contribution in [0.4, 0.5) is 10.2 Å². The summed E-state index contributed by atoms with van der Waals surface area (Å²) in [5, 5.41) is 5.99. The third-order valence-corrected chi connectivity index (χ3v) is 6.68. The van der Waals surface area contributed by atoms with Gasteiger partial charge in [-0.1, -0.05) is 67.9 Å². The van der Waals surface area contributed by atoms with Crippen LogP contribution in [0.15, 0.2) is 65.5 Å². The van der Waals surface area contributed by atoms with E-state index in [-0.39, 0.29) is 29.7 Å². The Kier molecular flexibility index (Phi) is 7.55. The molecular weight excluding hydrogens is 467 g/mol. The number of allylic oxidation sites excluding steroid dienone is 1. The van der Waals surface area contributed by atoms with Gasteiger partial charge in [0.15, 0.2) is 11.6 Å². The van der Waals surface area contributed by atoms with Gasteiger partial charge < -0.3 is 15.5 Å². The molecular formula is C27H30ClFN4O2. The molecule has 1 saturated carbocycles. The van der Waals surface area contributed by atoms with Crippen molar-refractivity contribution in [3.63, 3.8) is 0 Å². The van der Waals surface area contributed by atoms with E-state index in [1.807, 2.05) is 49.1 Å². The lowest BCUT2D eigenvalue weighted by Gasteiger charge is -2.46. The van der Waals surface area contributed by atoms with Crippen LogP contribution >= 0.6 is 11.6 Å². The van der Waals surface area contributed by atoms with Crippen LogP contribution in [-0.2, 0) is 16.0 Å². The molecule has 2 N–H and O–H groups in total. The second kappa shape index (κ2) is 10.6. The molecule has 1 aromatic heterocycles. The Hall–Kier alpha value is -3.19. The van der Waals surface area contributed by atoms with E-state index in [9.17, 15) is 14.0 Å². The highest BCUT2D eigenvalue weighted by Gasteiger charge is 2.40. The van der Waals surface area contributed by atoms with Gasteiger partial charge in [0.2, 0.25) is 5.91 Å². The first kappa shape index (κ1) is 24.9. The Morgan fingerprint density at radius 2 is 1.94 bits per heavy atom. The first-order valence-corrected chi connectivity index (χ1v) is 12.2. The minimum atomic E-state index is -0.602. The summed E-state index contributed by atoms with van der Waals surface area (Å²) in [7, 11) is 0. The van der Waals surface area contributed by atoms with Gasteiger partial charge in [-0.05, 0) is 36.5 Å². The summed E-state index contributed by atoms with van der Waals surface area (Å²) < 4.78 is 14.8. The molecule has 0 bridgehead atoms. The third-order valence-electron chi connectivity index (χ3n) is 6.36. The normalized spacial score (nSPS) is 20.0. The number of carbonyl (C=O) groups excluding carboxylic acids is 2. The van der Waals surface area contributed by atoms with Gasteiger partial charge in [0.05, 0.1) is 5.03 Å². The molecule has 1 aliphatic carbocycles. The monoisotopic (exact) mass is 496 g/mol. The van der Waals surface area contributed by atoms with Crippen LogP contribution < -0.4 is 10.6 Å². The number of hydrogen-bond acceptors (Lipinski definition) is 4. The lowest BCUT2D eigenvalue weighted by molar-refractivity contribution is -0.126. The van der Waals surface area contributed by atoms with Crippen LogP contribution in [0.2, 0.25) is 0 Å². The molecule has 1 fully saturated rings. The quantitative estimate of drug-likeness (QED) is 0.542. The number of pyridine rings is 1. The summed E-state index contributed by atoms with van der Waals surface area (Å²) in [6, 6.07) is 11.2. The molecule has 0 spiro atoms. The Balaban J connectivity index is 1.44. The molecule has 184 valence electrons. The van der Waals surface area contributed by atoms with Crippen molar-refractivity contribution in [3.8, 4) is 0 Å². The van der Waals surface area contributed by atoms with Crippen LogP contribution in [0.3, 0.4) is 0 Å². The fourth-order valence-electron chi connectivity index (χ4n) is 4.39. The first-order valence-electron chi connectivity index (χ1n) is 11.8. The average Bonchev–Trinajstić information content (AvgIpc) is 2.77. The van der Waals surface area contributed by atoms with Gasteiger partial charge in [-0.2, -0.15) is 0 Å². The van der Waals surface area contributed by atoms with Crippen molar-refractivity contribution in [2.75, 3.05) is 11.9 Å². The fourth-order valence-corrected chi connectivity index (χ4v) is 4.78. The maximum atomic E-state index is 14.8. The molecule has 8 heteroatoms. The largest absolute Gasteiger partial charge is 0.359 e. The molecule has 2 heterocycles. The van der Waals surface area contributed by atoms with Gasteiger partial charge in [0, 0.05) is 37.2 Å². The Morgan fingerprint density at radius 1 is 1.23 bits per heavy atom. The number of aromatic nitrogens is 1. The number of rotatable bonds is 7. The maximum absolute atomic E-state index is 14.8. The summed E-state index contributed by atoms with van der Waals surface area (Å²) in [6.07, 6.45) is 3.91. The lowest BCUT2D eigenvalue weighted by Crippen LogP contribution is -2.56. The molecule has 0 atom stereocenters. The highest BCUT2D eigenvalue weighted by molar-refractivity contribution is 6.32. The molecule has 0 radical (unpaired) electrons. The van der Waals surface area contributed by atoms with E-state index in [4.69, 9.17) is 11.6 Å². The van der Waals surface area contributed by atoms with Crippen molar-refractivity contribution in [2.24, 2.45) is 5.92 Å². The smallest absolute Gasteiger partial charge is 0.274 e. The van der Waals surface area contributed by atoms with E-state index in [1.54, 1.807) is 6.20 Å². The average molecular weight is 497 g/mol. The summed E-state index contributed by atoms with van der Waals surface area (Å²) in [5.74, 6) is -1.31. The van der Waals surface area contributed by atoms with Gasteiger partial charge in [-0.15, -0.1) is 0 Å². The van der Waals surface area contributed by atoms with Crippen molar-refractivity contribution >= 4 is 29.2 Å². The topological polar surface area (TPSA) is 74.3 Å². The van der Waals surface area contributed by atoms with Crippen LogP contribution in [0.25, 0.3) is 0 Å². The number of hydrogen-bond donors (Lipinski definition) is 2. The zero-order valence-electron chi connectivity index (χ0n) is 20.0. The zero-order chi connectivity index (χ0) is 25.1. The summed E-state index contributed by atoms with van der Waals surface area (Å²) in [6.45, 7) is 8.24. The molecule has 35 heavy (non-hydrogen) atoms. The zero-order valence-corrected chi connectivity index (χ0v) is 20.7. The SMILES string of the molecule is C=C1CC(Cl)=C(C(=O)Nc2ncc(Cc3ccccc3)cc2F)N(C2CC(NC(=O)C(C)C)C2)C1. The Bertz CT molecular complexity index is 1160. The van der Waals surface area contributed by atoms with Gasteiger partial charge >= 0.3 is 0 Å². The molecule has 2 amide bonds. The van der Waals surface area contributed by atoms with Gasteiger partial charge in [0.1, 0.15) is 5.70 Å². The van der Waals surface area contributed by atoms with Crippen molar-refractivity contribution in [1.29, 1.82) is 0 Å². The van der Waals surface area contributed by atoms with E-state index in [2.05, 4.69) is 22.2 Å². The van der Waals surface area contributed by atoms with Gasteiger partial charge in [0.25, 0.3) is 5.91 Å². The predicted octanol–water partition coefficient (Wildman–Crippen LogP) is 4.77. The van der Waals surface area contributed by atoms with E-state index in [0.717, 1.165) is 11.1 Å². The van der Waals surface area contributed by atoms with Crippen LogP contribution in [0.1, 0.15) is 44.2 Å². The molecule has 6 nitrogen and oxygen atoms in total. The number of carbonyl (C=O) groups is 2. The lowest BCUT2D eigenvalue weighted by atomic mass is 9.83. The molecule has 0 unspecified atom stereocenters. The number of anilines is 1. The minimum absolute atomic E-state index is 0.0142. The number of nitrogens with zero attached hydrogens (tertiary/aromatic N) is 2. The highest BCUT2D eigenvalue weighted by atomic mass is 35.5. The predicted molar refractivity (Wildman–Crippen MR) is 135 cm³/mol. The minimum Gasteiger partial charge on any atom is -0.359 e. The Morgan fingerprint density at radius 3 is 2.60 bits per heavy atom. The summed E-state index contributed by atoms with van der Waals surface area (Å²) in [4.78, 5) is 31.3. The van der Waals surface area contributed by atoms with Gasteiger partial charge in [-0.25, -0.2) is 9.37 Å². The van der Waals surface area contributed by atoms with E-state index >= 15 is 0 Å². The van der Waals surface area contributed by atoms with Gasteiger partial charge in [-0.3, -0.25) is 9.59 Å². The van der Waals surface area contributed by atoms with Crippen LogP contribution in [0.5, 0.6) is 0 Å². The maximum Gasteiger partial charge on any atom is 0.274 e. The molecule has 2 aliphatic rings. The number of halogens is 2. The summed E-state index contributed by atoms with van der Waals surface area (Å²) >= 11 is 6.51. The Labute approximate surface area is 210 Å². The molecule has 1 aliphatic heterocycles. The van der Waals surface area contributed by atoms with E-state index < -0.39 is 11.7 Å². The van der Waals surface area contributed by atoms with Crippen molar-refractivity contribution in [2.45, 2.75) is 51.6 Å². The molecule has 2 aromatic rings. The fraction of sp³-hybridized carbons (Fsp3) is 0.370. The standard InChI is InChI=1S/C27H30ClFN4O2/c1-16(2)26(34)31-20-12-21(13-20)33-15-17(3)9-22(28)24(33)27(35)32-25-23(29)11-19(14-30-25)10-18-7-5-4-6-8-18/h4-8,11,14,16,20-21H,3,9-10,12-13,15H2,1-2H3,(H,31,34)(H,30,32,35). The first-order chi connectivity index (χ1) is 16.7. The summed E-state index contributed by atoms with van der Waals surface area (Å²) in [5.41, 5.74) is 2.97. The van der Waals surface area contributed by atoms with Crippen molar-refractivity contribution in [3.05, 3.63) is 82.4 Å². The molecule has 1 aromatic carbocycles. The highest BCUT2D eigenvalue weighted by Crippen LogP contribution is 2.36. The second-order valence-electron chi connectivity index (χ2n) is 9.58. The number of benzene rings is 1. The van der Waals surface area contributed by atoms with Crippen molar-refractivity contribution in [1.82, 2.24) is 15.2 Å². The molecule has 0 saturated heterocycles. The third kappa shape index (κ3) is 5.90. The second-order valence-corrected chi connectivity index (χ2v) is 10.0.